The second kappa shape index (κ2) is 6.72. The average Bonchev–Trinajstić information content (AvgIpc) is 2.71. The standard InChI is InChI=1S/C15H18F3NO4S/c1-14(6-7-24(21,22)10-14)19-13(20)12-4-2-11(3-5-12)8-23-9-15(16,17)18/h2-5H,6-10H2,1H3,(H,19,20)/t14-/m1/s1. The summed E-state index contributed by atoms with van der Waals surface area (Å²) in [6, 6.07) is 5.93. The van der Waals surface area contributed by atoms with Crippen LogP contribution in [0.4, 0.5) is 13.2 Å². The van der Waals surface area contributed by atoms with Crippen molar-refractivity contribution in [2.24, 2.45) is 0 Å². The Kier molecular flexibility index (Phi) is 5.24. The Labute approximate surface area is 138 Å². The molecule has 134 valence electrons. The summed E-state index contributed by atoms with van der Waals surface area (Å²) in [5.41, 5.74) is 0.00951. The fourth-order valence-electron chi connectivity index (χ4n) is 2.49. The maximum atomic E-state index is 12.2. The Morgan fingerprint density at radius 2 is 1.92 bits per heavy atom. The summed E-state index contributed by atoms with van der Waals surface area (Å²) < 4.78 is 63.6. The van der Waals surface area contributed by atoms with Gasteiger partial charge in [0, 0.05) is 5.56 Å². The van der Waals surface area contributed by atoms with E-state index in [0.717, 1.165) is 0 Å². The van der Waals surface area contributed by atoms with Crippen molar-refractivity contribution in [3.63, 3.8) is 0 Å². The molecule has 0 saturated carbocycles. The molecule has 1 atom stereocenters. The summed E-state index contributed by atoms with van der Waals surface area (Å²) in [5.74, 6) is -0.480. The van der Waals surface area contributed by atoms with Gasteiger partial charge >= 0.3 is 6.18 Å². The summed E-state index contributed by atoms with van der Waals surface area (Å²) >= 11 is 0. The molecule has 0 radical (unpaired) electrons. The topological polar surface area (TPSA) is 72.5 Å². The number of benzene rings is 1. The van der Waals surface area contributed by atoms with Gasteiger partial charge in [-0.1, -0.05) is 12.1 Å². The molecule has 5 nitrogen and oxygen atoms in total. The second-order valence-corrected chi connectivity index (χ2v) is 8.35. The molecule has 1 aliphatic heterocycles. The number of nitrogens with one attached hydrogen (secondary N) is 1. The van der Waals surface area contributed by atoms with Gasteiger partial charge in [0.05, 0.1) is 23.7 Å². The molecule has 1 aromatic carbocycles. The van der Waals surface area contributed by atoms with E-state index in [-0.39, 0.29) is 18.1 Å². The SMILES string of the molecule is C[C@@]1(NC(=O)c2ccc(COCC(F)(F)F)cc2)CCS(=O)(=O)C1. The number of alkyl halides is 3. The third-order valence-electron chi connectivity index (χ3n) is 3.67. The van der Waals surface area contributed by atoms with E-state index in [1.54, 1.807) is 6.92 Å². The summed E-state index contributed by atoms with van der Waals surface area (Å²) in [6.07, 6.45) is -4.03. The van der Waals surface area contributed by atoms with Gasteiger partial charge in [0.2, 0.25) is 0 Å². The number of amides is 1. The fraction of sp³-hybridized carbons (Fsp3) is 0.533. The number of hydrogen-bond donors (Lipinski definition) is 1. The number of rotatable bonds is 5. The minimum Gasteiger partial charge on any atom is -0.367 e. The lowest BCUT2D eigenvalue weighted by atomic mass is 10.0. The van der Waals surface area contributed by atoms with E-state index >= 15 is 0 Å². The second-order valence-electron chi connectivity index (χ2n) is 6.16. The molecule has 0 bridgehead atoms. The summed E-state index contributed by atoms with van der Waals surface area (Å²) in [7, 11) is -3.13. The number of carbonyl (C=O) groups is 1. The first-order valence-corrected chi connectivity index (χ1v) is 9.07. The normalized spacial score (nSPS) is 23.2. The molecular formula is C15H18F3NO4S. The minimum absolute atomic E-state index is 0.0409. The lowest BCUT2D eigenvalue weighted by Gasteiger charge is -2.23. The van der Waals surface area contributed by atoms with Crippen LogP contribution in [0.1, 0.15) is 29.3 Å². The largest absolute Gasteiger partial charge is 0.411 e. The first kappa shape index (κ1) is 18.7. The van der Waals surface area contributed by atoms with E-state index in [2.05, 4.69) is 10.1 Å². The quantitative estimate of drug-likeness (QED) is 0.867. The van der Waals surface area contributed by atoms with Crippen LogP contribution in [0.5, 0.6) is 0 Å². The van der Waals surface area contributed by atoms with Crippen molar-refractivity contribution in [3.8, 4) is 0 Å². The minimum atomic E-state index is -4.38. The van der Waals surface area contributed by atoms with Crippen LogP contribution in [0.15, 0.2) is 24.3 Å². The third kappa shape index (κ3) is 5.48. The van der Waals surface area contributed by atoms with Crippen LogP contribution in [-0.2, 0) is 21.2 Å². The van der Waals surface area contributed by atoms with Crippen molar-refractivity contribution in [1.29, 1.82) is 0 Å². The van der Waals surface area contributed by atoms with Gasteiger partial charge in [0.1, 0.15) is 6.61 Å². The van der Waals surface area contributed by atoms with E-state index in [4.69, 9.17) is 0 Å². The highest BCUT2D eigenvalue weighted by atomic mass is 32.2. The molecule has 0 aromatic heterocycles. The maximum absolute atomic E-state index is 12.2. The number of ether oxygens (including phenoxy) is 1. The first-order valence-electron chi connectivity index (χ1n) is 7.24. The number of sulfone groups is 1. The van der Waals surface area contributed by atoms with Crippen LogP contribution in [0, 0.1) is 0 Å². The van der Waals surface area contributed by atoms with Gasteiger partial charge in [-0.3, -0.25) is 4.79 Å². The Morgan fingerprint density at radius 1 is 1.29 bits per heavy atom. The molecule has 24 heavy (non-hydrogen) atoms. The zero-order valence-corrected chi connectivity index (χ0v) is 13.8. The zero-order chi connectivity index (χ0) is 18.0. The molecule has 1 amide bonds. The molecule has 1 aliphatic rings. The van der Waals surface area contributed by atoms with E-state index in [9.17, 15) is 26.4 Å². The highest BCUT2D eigenvalue weighted by molar-refractivity contribution is 7.91. The van der Waals surface area contributed by atoms with Crippen molar-refractivity contribution < 1.29 is 31.1 Å². The Hall–Kier alpha value is -1.61. The van der Waals surface area contributed by atoms with E-state index in [1.807, 2.05) is 0 Å². The molecule has 0 spiro atoms. The monoisotopic (exact) mass is 365 g/mol. The van der Waals surface area contributed by atoms with Crippen LogP contribution >= 0.6 is 0 Å². The molecule has 1 aromatic rings. The molecule has 1 heterocycles. The van der Waals surface area contributed by atoms with Gasteiger partial charge in [0.25, 0.3) is 5.91 Å². The van der Waals surface area contributed by atoms with Crippen LogP contribution in [-0.4, -0.2) is 44.2 Å². The van der Waals surface area contributed by atoms with Gasteiger partial charge in [-0.15, -0.1) is 0 Å². The third-order valence-corrected chi connectivity index (χ3v) is 5.57. The van der Waals surface area contributed by atoms with Gasteiger partial charge in [-0.25, -0.2) is 8.42 Å². The fourth-order valence-corrected chi connectivity index (χ4v) is 4.59. The van der Waals surface area contributed by atoms with E-state index < -0.39 is 34.1 Å². The average molecular weight is 365 g/mol. The Bertz CT molecular complexity index is 700. The first-order chi connectivity index (χ1) is 11.0. The predicted molar refractivity (Wildman–Crippen MR) is 81.3 cm³/mol. The molecule has 9 heteroatoms. The smallest absolute Gasteiger partial charge is 0.367 e. The van der Waals surface area contributed by atoms with Crippen molar-refractivity contribution in [1.82, 2.24) is 5.32 Å². The summed E-state index contributed by atoms with van der Waals surface area (Å²) in [5, 5.41) is 2.71. The van der Waals surface area contributed by atoms with Crippen LogP contribution in [0.3, 0.4) is 0 Å². The van der Waals surface area contributed by atoms with Gasteiger partial charge in [0.15, 0.2) is 9.84 Å². The van der Waals surface area contributed by atoms with Gasteiger partial charge < -0.3 is 10.1 Å². The highest BCUT2D eigenvalue weighted by Crippen LogP contribution is 2.23. The molecule has 1 saturated heterocycles. The molecule has 0 aliphatic carbocycles. The van der Waals surface area contributed by atoms with Crippen LogP contribution in [0.2, 0.25) is 0 Å². The highest BCUT2D eigenvalue weighted by Gasteiger charge is 2.39. The van der Waals surface area contributed by atoms with Crippen molar-refractivity contribution in [3.05, 3.63) is 35.4 Å². The summed E-state index contributed by atoms with van der Waals surface area (Å²) in [6.45, 7) is 0.133. The number of carbonyl (C=O) groups excluding carboxylic acids is 1. The van der Waals surface area contributed by atoms with E-state index in [0.29, 0.717) is 17.5 Å². The van der Waals surface area contributed by atoms with Crippen molar-refractivity contribution in [2.45, 2.75) is 31.7 Å². The van der Waals surface area contributed by atoms with Crippen LogP contribution < -0.4 is 5.32 Å². The van der Waals surface area contributed by atoms with Crippen LogP contribution in [0.25, 0.3) is 0 Å². The van der Waals surface area contributed by atoms with Gasteiger partial charge in [-0.2, -0.15) is 13.2 Å². The van der Waals surface area contributed by atoms with Crippen molar-refractivity contribution in [2.75, 3.05) is 18.1 Å². The number of halogens is 3. The summed E-state index contributed by atoms with van der Waals surface area (Å²) in [4.78, 5) is 12.2. The van der Waals surface area contributed by atoms with E-state index in [1.165, 1.54) is 24.3 Å². The molecule has 1 N–H and O–H groups in total. The maximum Gasteiger partial charge on any atom is 0.411 e. The zero-order valence-electron chi connectivity index (χ0n) is 13.0. The van der Waals surface area contributed by atoms with Gasteiger partial charge in [-0.05, 0) is 31.0 Å². The lowest BCUT2D eigenvalue weighted by molar-refractivity contribution is -0.176. The molecule has 0 unspecified atom stereocenters. The Morgan fingerprint density at radius 3 is 2.42 bits per heavy atom. The number of hydrogen-bond acceptors (Lipinski definition) is 4. The molecule has 2 rings (SSSR count). The van der Waals surface area contributed by atoms with Crippen molar-refractivity contribution >= 4 is 15.7 Å². The lowest BCUT2D eigenvalue weighted by Crippen LogP contribution is -2.46. The molecule has 1 fully saturated rings. The predicted octanol–water partition coefficient (Wildman–Crippen LogP) is 2.07. The Balaban J connectivity index is 1.92. The molecular weight excluding hydrogens is 347 g/mol.